The van der Waals surface area contributed by atoms with E-state index in [2.05, 4.69) is 0 Å². The van der Waals surface area contributed by atoms with E-state index in [9.17, 15) is 0 Å². The summed E-state index contributed by atoms with van der Waals surface area (Å²) in [6, 6.07) is 15.3. The lowest BCUT2D eigenvalue weighted by Gasteiger charge is -2.20. The van der Waals surface area contributed by atoms with Crippen molar-refractivity contribution in [3.8, 4) is 0 Å². The van der Waals surface area contributed by atoms with E-state index in [-0.39, 0.29) is 0 Å². The lowest BCUT2D eigenvalue weighted by Crippen LogP contribution is -2.50. The molecular formula is C14H8Cl4Si. The molecule has 0 atom stereocenters. The quantitative estimate of drug-likeness (QED) is 0.492. The highest BCUT2D eigenvalue weighted by molar-refractivity contribution is 7.56. The SMILES string of the molecule is ClC1=C(Cl)c2ccccc2[Si](Cl)(Cl)c2ccccc21. The predicted octanol–water partition coefficient (Wildman–Crippen LogP) is 4.34. The molecule has 0 unspecified atom stereocenters. The highest BCUT2D eigenvalue weighted by Gasteiger charge is 2.40. The number of hydrogen-bond acceptors (Lipinski definition) is 0. The van der Waals surface area contributed by atoms with Crippen molar-refractivity contribution in [3.05, 3.63) is 59.7 Å². The van der Waals surface area contributed by atoms with E-state index in [1.165, 1.54) is 0 Å². The zero-order chi connectivity index (χ0) is 13.6. The monoisotopic (exact) mass is 344 g/mol. The van der Waals surface area contributed by atoms with Gasteiger partial charge in [-0.3, -0.25) is 0 Å². The van der Waals surface area contributed by atoms with Crippen LogP contribution in [0.2, 0.25) is 0 Å². The third-order valence-electron chi connectivity index (χ3n) is 3.20. The molecule has 0 saturated heterocycles. The van der Waals surface area contributed by atoms with Crippen LogP contribution in [-0.2, 0) is 0 Å². The van der Waals surface area contributed by atoms with Crippen molar-refractivity contribution in [1.29, 1.82) is 0 Å². The van der Waals surface area contributed by atoms with Crippen LogP contribution in [0.15, 0.2) is 48.5 Å². The first-order valence-electron chi connectivity index (χ1n) is 5.66. The van der Waals surface area contributed by atoms with Gasteiger partial charge in [-0.1, -0.05) is 71.7 Å². The van der Waals surface area contributed by atoms with Crippen LogP contribution in [0.4, 0.5) is 0 Å². The van der Waals surface area contributed by atoms with Crippen LogP contribution >= 0.6 is 45.4 Å². The molecule has 0 spiro atoms. The molecule has 0 bridgehead atoms. The van der Waals surface area contributed by atoms with Gasteiger partial charge in [0.1, 0.15) is 0 Å². The molecule has 5 heteroatoms. The number of benzene rings is 2. The minimum absolute atomic E-state index is 0.500. The molecule has 0 aliphatic carbocycles. The fourth-order valence-corrected chi connectivity index (χ4v) is 6.94. The molecule has 0 aromatic heterocycles. The molecule has 2 aromatic rings. The molecule has 0 N–H and O–H groups in total. The first-order chi connectivity index (χ1) is 9.03. The Morgan fingerprint density at radius 3 is 1.42 bits per heavy atom. The minimum Gasteiger partial charge on any atom is -0.134 e. The first-order valence-corrected chi connectivity index (χ1v) is 10.4. The van der Waals surface area contributed by atoms with Crippen molar-refractivity contribution in [2.75, 3.05) is 0 Å². The summed E-state index contributed by atoms with van der Waals surface area (Å²) in [5.74, 6) is 0. The fourth-order valence-electron chi connectivity index (χ4n) is 2.28. The maximum atomic E-state index is 6.73. The standard InChI is InChI=1S/C14H8Cl4Si/c15-13-9-5-1-3-7-11(9)19(17,18)12-8-4-2-6-10(12)14(13)16/h1-8H. The van der Waals surface area contributed by atoms with Gasteiger partial charge in [0.05, 0.1) is 10.1 Å². The average molecular weight is 346 g/mol. The summed E-state index contributed by atoms with van der Waals surface area (Å²) in [7, 11) is 0. The zero-order valence-corrected chi connectivity index (χ0v) is 13.7. The van der Waals surface area contributed by atoms with Crippen LogP contribution in [0.1, 0.15) is 11.1 Å². The Labute approximate surface area is 132 Å². The summed E-state index contributed by atoms with van der Waals surface area (Å²) in [6.45, 7) is -2.83. The van der Waals surface area contributed by atoms with E-state index < -0.39 is 6.69 Å². The summed E-state index contributed by atoms with van der Waals surface area (Å²) in [4.78, 5) is 0. The van der Waals surface area contributed by atoms with Gasteiger partial charge in [-0.2, -0.15) is 0 Å². The molecule has 0 amide bonds. The van der Waals surface area contributed by atoms with Crippen molar-refractivity contribution in [1.82, 2.24) is 0 Å². The van der Waals surface area contributed by atoms with Gasteiger partial charge in [-0.05, 0) is 21.5 Å². The van der Waals surface area contributed by atoms with Crippen molar-refractivity contribution in [2.24, 2.45) is 0 Å². The third kappa shape index (κ3) is 2.05. The van der Waals surface area contributed by atoms with Crippen molar-refractivity contribution in [2.45, 2.75) is 0 Å². The van der Waals surface area contributed by atoms with Crippen molar-refractivity contribution >= 4 is 72.5 Å². The smallest absolute Gasteiger partial charge is 0.134 e. The topological polar surface area (TPSA) is 0 Å². The molecule has 3 rings (SSSR count). The van der Waals surface area contributed by atoms with E-state index >= 15 is 0 Å². The maximum absolute atomic E-state index is 6.73. The molecule has 2 aromatic carbocycles. The summed E-state index contributed by atoms with van der Waals surface area (Å²) >= 11 is 26.3. The maximum Gasteiger partial charge on any atom is 0.311 e. The molecule has 1 heterocycles. The Hall–Kier alpha value is -0.443. The van der Waals surface area contributed by atoms with Gasteiger partial charge in [0.15, 0.2) is 0 Å². The molecule has 0 fully saturated rings. The van der Waals surface area contributed by atoms with Crippen LogP contribution in [-0.4, -0.2) is 6.69 Å². The van der Waals surface area contributed by atoms with E-state index in [4.69, 9.17) is 45.4 Å². The van der Waals surface area contributed by atoms with Gasteiger partial charge < -0.3 is 0 Å². The second kappa shape index (κ2) is 4.83. The largest absolute Gasteiger partial charge is 0.311 e. The van der Waals surface area contributed by atoms with E-state index in [1.54, 1.807) is 0 Å². The number of halogens is 4. The molecule has 0 radical (unpaired) electrons. The molecule has 19 heavy (non-hydrogen) atoms. The van der Waals surface area contributed by atoms with Crippen LogP contribution < -0.4 is 10.4 Å². The first kappa shape index (κ1) is 13.5. The highest BCUT2D eigenvalue weighted by Crippen LogP contribution is 2.37. The van der Waals surface area contributed by atoms with Crippen LogP contribution in [0, 0.1) is 0 Å². The fraction of sp³-hybridized carbons (Fsp3) is 0. The minimum atomic E-state index is -2.83. The highest BCUT2D eigenvalue weighted by atomic mass is 35.7. The van der Waals surface area contributed by atoms with E-state index in [1.807, 2.05) is 48.5 Å². The number of hydrogen-bond donors (Lipinski definition) is 0. The molecule has 1 aliphatic rings. The van der Waals surface area contributed by atoms with Gasteiger partial charge >= 0.3 is 6.69 Å². The zero-order valence-electron chi connectivity index (χ0n) is 9.63. The van der Waals surface area contributed by atoms with Crippen molar-refractivity contribution in [3.63, 3.8) is 0 Å². The number of rotatable bonds is 0. The molecule has 96 valence electrons. The van der Waals surface area contributed by atoms with E-state index in [0.29, 0.717) is 10.1 Å². The number of fused-ring (bicyclic) bond motifs is 2. The van der Waals surface area contributed by atoms with Crippen molar-refractivity contribution < 1.29 is 0 Å². The second-order valence-electron chi connectivity index (χ2n) is 4.29. The average Bonchev–Trinajstić information content (AvgIpc) is 2.50. The molecule has 0 nitrogen and oxygen atoms in total. The summed E-state index contributed by atoms with van der Waals surface area (Å²) in [6.07, 6.45) is 0. The van der Waals surface area contributed by atoms with Gasteiger partial charge in [-0.25, -0.2) is 0 Å². The van der Waals surface area contributed by atoms with Gasteiger partial charge in [0.25, 0.3) is 0 Å². The third-order valence-corrected chi connectivity index (χ3v) is 8.75. The Kier molecular flexibility index (Phi) is 3.44. The molecule has 1 aliphatic heterocycles. The van der Waals surface area contributed by atoms with Crippen LogP contribution in [0.5, 0.6) is 0 Å². The van der Waals surface area contributed by atoms with Crippen LogP contribution in [0.25, 0.3) is 10.1 Å². The lowest BCUT2D eigenvalue weighted by atomic mass is 10.1. The Balaban J connectivity index is 2.46. The Bertz CT molecular complexity index is 634. The lowest BCUT2D eigenvalue weighted by molar-refractivity contribution is 1.71. The van der Waals surface area contributed by atoms with Crippen LogP contribution in [0.3, 0.4) is 0 Å². The molecule has 0 saturated carbocycles. The van der Waals surface area contributed by atoms with E-state index in [0.717, 1.165) is 21.5 Å². The Morgan fingerprint density at radius 2 is 1.00 bits per heavy atom. The second-order valence-corrected chi connectivity index (χ2v) is 11.3. The summed E-state index contributed by atoms with van der Waals surface area (Å²) in [5.41, 5.74) is 1.64. The Morgan fingerprint density at radius 1 is 0.632 bits per heavy atom. The normalized spacial score (nSPS) is 16.6. The molecular weight excluding hydrogens is 338 g/mol. The van der Waals surface area contributed by atoms with Gasteiger partial charge in [0.2, 0.25) is 0 Å². The summed E-state index contributed by atoms with van der Waals surface area (Å²) in [5, 5.41) is 2.76. The summed E-state index contributed by atoms with van der Waals surface area (Å²) < 4.78 is 0. The predicted molar refractivity (Wildman–Crippen MR) is 88.1 cm³/mol. The van der Waals surface area contributed by atoms with Gasteiger partial charge in [0, 0.05) is 0 Å². The van der Waals surface area contributed by atoms with Gasteiger partial charge in [-0.15, -0.1) is 22.2 Å².